The van der Waals surface area contributed by atoms with E-state index in [1.807, 2.05) is 12.3 Å². The summed E-state index contributed by atoms with van der Waals surface area (Å²) in [6, 6.07) is 3.62. The Morgan fingerprint density at radius 2 is 2.00 bits per heavy atom. The van der Waals surface area contributed by atoms with Crippen molar-refractivity contribution in [1.82, 2.24) is 25.3 Å². The number of fused-ring (bicyclic) bond motifs is 1. The SMILES string of the molecule is CCCc1nc2ccncc2[nH]1.CNCC(=O)Cc1cnccc1N. The van der Waals surface area contributed by atoms with E-state index in [2.05, 4.69) is 32.2 Å². The lowest BCUT2D eigenvalue weighted by atomic mass is 10.1. The van der Waals surface area contributed by atoms with E-state index >= 15 is 0 Å². The van der Waals surface area contributed by atoms with Crippen LogP contribution in [0.2, 0.25) is 0 Å². The number of nitrogens with two attached hydrogens (primary N) is 1. The Morgan fingerprint density at radius 1 is 1.24 bits per heavy atom. The molecule has 0 aliphatic rings. The molecule has 25 heavy (non-hydrogen) atoms. The Labute approximate surface area is 147 Å². The van der Waals surface area contributed by atoms with Crippen LogP contribution in [-0.2, 0) is 17.6 Å². The molecule has 0 aliphatic carbocycles. The summed E-state index contributed by atoms with van der Waals surface area (Å²) in [6.45, 7) is 2.51. The third-order valence-corrected chi connectivity index (χ3v) is 3.52. The molecule has 0 aliphatic heterocycles. The standard InChI is InChI=1S/C9H13N3O.C9H11N3/c1-11-6-8(13)4-7-5-12-3-2-9(7)10;1-2-3-9-11-7-4-5-10-6-8(7)12-9/h2-3,5,11H,4,6H2,1H3,(H2,10,12);4-6H,2-3H2,1H3,(H,11,12). The molecule has 132 valence electrons. The molecule has 3 rings (SSSR count). The van der Waals surface area contributed by atoms with Gasteiger partial charge in [-0.15, -0.1) is 0 Å². The van der Waals surface area contributed by atoms with Gasteiger partial charge in [0.05, 0.1) is 23.8 Å². The fourth-order valence-electron chi connectivity index (χ4n) is 2.32. The number of hydrogen-bond donors (Lipinski definition) is 3. The number of aryl methyl sites for hydroxylation is 1. The highest BCUT2D eigenvalue weighted by Crippen LogP contribution is 2.10. The number of ketones is 1. The zero-order valence-corrected chi connectivity index (χ0v) is 14.6. The maximum absolute atomic E-state index is 11.2. The zero-order valence-electron chi connectivity index (χ0n) is 14.6. The molecule has 0 atom stereocenters. The number of carbonyl (C=O) groups is 1. The predicted molar refractivity (Wildman–Crippen MR) is 99.2 cm³/mol. The van der Waals surface area contributed by atoms with Crippen LogP contribution in [0.3, 0.4) is 0 Å². The summed E-state index contributed by atoms with van der Waals surface area (Å²) >= 11 is 0. The third-order valence-electron chi connectivity index (χ3n) is 3.52. The summed E-state index contributed by atoms with van der Waals surface area (Å²) in [6.07, 6.45) is 9.28. The molecule has 3 heterocycles. The lowest BCUT2D eigenvalue weighted by Gasteiger charge is -2.02. The number of pyridine rings is 2. The van der Waals surface area contributed by atoms with E-state index < -0.39 is 0 Å². The van der Waals surface area contributed by atoms with Gasteiger partial charge in [-0.05, 0) is 25.6 Å². The molecule has 4 N–H and O–H groups in total. The van der Waals surface area contributed by atoms with Gasteiger partial charge in [0.15, 0.2) is 5.78 Å². The van der Waals surface area contributed by atoms with Crippen LogP contribution in [0.15, 0.2) is 36.9 Å². The van der Waals surface area contributed by atoms with Gasteiger partial charge < -0.3 is 16.0 Å². The van der Waals surface area contributed by atoms with Crippen molar-refractivity contribution in [3.8, 4) is 0 Å². The van der Waals surface area contributed by atoms with E-state index in [0.717, 1.165) is 35.3 Å². The summed E-state index contributed by atoms with van der Waals surface area (Å²) < 4.78 is 0. The lowest BCUT2D eigenvalue weighted by molar-refractivity contribution is -0.117. The first kappa shape index (κ1) is 18.5. The first-order valence-corrected chi connectivity index (χ1v) is 8.27. The monoisotopic (exact) mass is 340 g/mol. The summed E-state index contributed by atoms with van der Waals surface area (Å²) in [5, 5.41) is 2.80. The van der Waals surface area contributed by atoms with E-state index in [0.29, 0.717) is 18.7 Å². The quantitative estimate of drug-likeness (QED) is 0.632. The Morgan fingerprint density at radius 3 is 2.68 bits per heavy atom. The average molecular weight is 340 g/mol. The number of aromatic amines is 1. The van der Waals surface area contributed by atoms with E-state index in [9.17, 15) is 4.79 Å². The van der Waals surface area contributed by atoms with Crippen molar-refractivity contribution >= 4 is 22.5 Å². The summed E-state index contributed by atoms with van der Waals surface area (Å²) in [5.74, 6) is 1.17. The number of likely N-dealkylation sites (N-methyl/N-ethyl adjacent to an activating group) is 1. The van der Waals surface area contributed by atoms with Crippen LogP contribution in [-0.4, -0.2) is 39.3 Å². The van der Waals surface area contributed by atoms with Gasteiger partial charge in [-0.2, -0.15) is 0 Å². The number of carbonyl (C=O) groups excluding carboxylic acids is 1. The molecule has 0 spiro atoms. The van der Waals surface area contributed by atoms with Crippen LogP contribution in [0.5, 0.6) is 0 Å². The second-order valence-electron chi connectivity index (χ2n) is 5.65. The van der Waals surface area contributed by atoms with Gasteiger partial charge >= 0.3 is 0 Å². The number of rotatable bonds is 6. The van der Waals surface area contributed by atoms with Crippen molar-refractivity contribution in [2.75, 3.05) is 19.3 Å². The van der Waals surface area contributed by atoms with Crippen LogP contribution >= 0.6 is 0 Å². The van der Waals surface area contributed by atoms with Crippen molar-refractivity contribution in [1.29, 1.82) is 0 Å². The van der Waals surface area contributed by atoms with Crippen molar-refractivity contribution in [3.05, 3.63) is 48.3 Å². The number of Topliss-reactive ketones (excluding diaryl/α,β-unsaturated/α-hetero) is 1. The topological polar surface area (TPSA) is 110 Å². The molecular formula is C18H24N6O. The van der Waals surface area contributed by atoms with Gasteiger partial charge in [-0.3, -0.25) is 14.8 Å². The minimum Gasteiger partial charge on any atom is -0.398 e. The van der Waals surface area contributed by atoms with Crippen LogP contribution in [0.4, 0.5) is 5.69 Å². The Bertz CT molecular complexity index is 781. The fraction of sp³-hybridized carbons (Fsp3) is 0.333. The number of aromatic nitrogens is 4. The van der Waals surface area contributed by atoms with Crippen molar-refractivity contribution in [2.45, 2.75) is 26.2 Å². The first-order valence-electron chi connectivity index (χ1n) is 8.27. The predicted octanol–water partition coefficient (Wildman–Crippen LogP) is 1.91. The number of anilines is 1. The average Bonchev–Trinajstić information content (AvgIpc) is 3.00. The minimum absolute atomic E-state index is 0.113. The van der Waals surface area contributed by atoms with Crippen LogP contribution in [0.25, 0.3) is 11.0 Å². The van der Waals surface area contributed by atoms with Gasteiger partial charge in [0.25, 0.3) is 0 Å². The van der Waals surface area contributed by atoms with Crippen LogP contribution in [0, 0.1) is 0 Å². The molecule has 0 saturated heterocycles. The Balaban J connectivity index is 0.000000181. The molecule has 0 aromatic carbocycles. The highest BCUT2D eigenvalue weighted by molar-refractivity contribution is 5.83. The molecule has 0 saturated carbocycles. The Kier molecular flexibility index (Phi) is 7.03. The summed E-state index contributed by atoms with van der Waals surface area (Å²) in [7, 11) is 1.74. The van der Waals surface area contributed by atoms with E-state index in [-0.39, 0.29) is 5.78 Å². The number of nitrogens with zero attached hydrogens (tertiary/aromatic N) is 3. The minimum atomic E-state index is 0.113. The molecule has 0 bridgehead atoms. The molecule has 7 nitrogen and oxygen atoms in total. The number of nitrogens with one attached hydrogen (secondary N) is 2. The third kappa shape index (κ3) is 5.65. The highest BCUT2D eigenvalue weighted by Gasteiger charge is 2.04. The molecule has 0 unspecified atom stereocenters. The second-order valence-corrected chi connectivity index (χ2v) is 5.65. The largest absolute Gasteiger partial charge is 0.398 e. The normalized spacial score (nSPS) is 10.3. The maximum atomic E-state index is 11.2. The highest BCUT2D eigenvalue weighted by atomic mass is 16.1. The maximum Gasteiger partial charge on any atom is 0.151 e. The van der Waals surface area contributed by atoms with Crippen molar-refractivity contribution in [3.63, 3.8) is 0 Å². The van der Waals surface area contributed by atoms with Crippen molar-refractivity contribution in [2.24, 2.45) is 0 Å². The van der Waals surface area contributed by atoms with Gasteiger partial charge in [0.2, 0.25) is 0 Å². The van der Waals surface area contributed by atoms with Crippen molar-refractivity contribution < 1.29 is 4.79 Å². The van der Waals surface area contributed by atoms with Gasteiger partial charge in [0.1, 0.15) is 5.82 Å². The van der Waals surface area contributed by atoms with Crippen LogP contribution in [0.1, 0.15) is 24.7 Å². The smallest absolute Gasteiger partial charge is 0.151 e. The number of nitrogen functional groups attached to an aromatic ring is 1. The first-order chi connectivity index (χ1) is 12.1. The molecule has 0 radical (unpaired) electrons. The molecule has 0 amide bonds. The molecular weight excluding hydrogens is 316 g/mol. The number of imidazole rings is 1. The fourth-order valence-corrected chi connectivity index (χ4v) is 2.32. The van der Waals surface area contributed by atoms with Gasteiger partial charge in [-0.1, -0.05) is 6.92 Å². The number of H-pyrrole nitrogens is 1. The second kappa shape index (κ2) is 9.48. The molecule has 7 heteroatoms. The van der Waals surface area contributed by atoms with Crippen LogP contribution < -0.4 is 11.1 Å². The van der Waals surface area contributed by atoms with E-state index in [4.69, 9.17) is 5.73 Å². The summed E-state index contributed by atoms with van der Waals surface area (Å²) in [4.78, 5) is 26.8. The zero-order chi connectivity index (χ0) is 18.1. The summed E-state index contributed by atoms with van der Waals surface area (Å²) in [5.41, 5.74) is 9.11. The Hall–Kier alpha value is -2.80. The number of hydrogen-bond acceptors (Lipinski definition) is 6. The van der Waals surface area contributed by atoms with E-state index in [1.165, 1.54) is 0 Å². The molecule has 0 fully saturated rings. The molecule has 3 aromatic heterocycles. The van der Waals surface area contributed by atoms with Gasteiger partial charge in [-0.25, -0.2) is 4.98 Å². The lowest BCUT2D eigenvalue weighted by Crippen LogP contribution is -2.20. The molecule has 3 aromatic rings. The van der Waals surface area contributed by atoms with Gasteiger partial charge in [0, 0.05) is 42.7 Å². The van der Waals surface area contributed by atoms with E-state index in [1.54, 1.807) is 31.7 Å².